The fourth-order valence-electron chi connectivity index (χ4n) is 1.95. The molecule has 7 heteroatoms. The van der Waals surface area contributed by atoms with Gasteiger partial charge in [0.2, 0.25) is 0 Å². The molecule has 0 atom stereocenters. The molecule has 1 aliphatic carbocycles. The molecule has 0 heterocycles. The van der Waals surface area contributed by atoms with E-state index in [4.69, 9.17) is 21.4 Å². The normalized spacial score (nSPS) is 22.4. The first-order valence-corrected chi connectivity index (χ1v) is 6.35. The van der Waals surface area contributed by atoms with Gasteiger partial charge in [0.1, 0.15) is 0 Å². The summed E-state index contributed by atoms with van der Waals surface area (Å²) in [5.74, 6) is -1.24. The third kappa shape index (κ3) is 3.43. The maximum atomic E-state index is 12.5. The second kappa shape index (κ2) is 5.61. The minimum Gasteiger partial charge on any atom is -0.481 e. The number of aliphatic carboxylic acids is 1. The highest BCUT2D eigenvalue weighted by Crippen LogP contribution is 2.34. The standard InChI is InChI=1S/C13H12ClF3O3/c14-11-5-9(13(15,16)17)2-1-7(11)6-20-10-3-8(4-10)12(18)19/h1-2,5,8,10H,3-4,6H2,(H,18,19). The van der Waals surface area contributed by atoms with Crippen LogP contribution in [0.15, 0.2) is 18.2 Å². The molecule has 0 aliphatic heterocycles. The average Bonchev–Trinajstić information content (AvgIpc) is 2.26. The van der Waals surface area contributed by atoms with Crippen LogP contribution in [0.25, 0.3) is 0 Å². The van der Waals surface area contributed by atoms with E-state index in [1.54, 1.807) is 0 Å². The number of halogens is 4. The first-order valence-electron chi connectivity index (χ1n) is 5.97. The Kier molecular flexibility index (Phi) is 4.25. The number of ether oxygens (including phenoxy) is 1. The zero-order chi connectivity index (χ0) is 14.9. The lowest BCUT2D eigenvalue weighted by Crippen LogP contribution is -2.36. The van der Waals surface area contributed by atoms with Gasteiger partial charge in [0.15, 0.2) is 0 Å². The van der Waals surface area contributed by atoms with E-state index in [1.165, 1.54) is 6.07 Å². The molecular weight excluding hydrogens is 297 g/mol. The fourth-order valence-corrected chi connectivity index (χ4v) is 2.19. The van der Waals surface area contributed by atoms with Crippen LogP contribution in [-0.4, -0.2) is 17.2 Å². The smallest absolute Gasteiger partial charge is 0.416 e. The Balaban J connectivity index is 1.90. The van der Waals surface area contributed by atoms with E-state index in [0.717, 1.165) is 12.1 Å². The summed E-state index contributed by atoms with van der Waals surface area (Å²) >= 11 is 5.79. The quantitative estimate of drug-likeness (QED) is 0.921. The minimum atomic E-state index is -4.42. The van der Waals surface area contributed by atoms with Crippen LogP contribution in [0.5, 0.6) is 0 Å². The highest BCUT2D eigenvalue weighted by Gasteiger charge is 2.35. The molecule has 1 aliphatic rings. The van der Waals surface area contributed by atoms with Crippen molar-refractivity contribution < 1.29 is 27.8 Å². The number of rotatable bonds is 4. The lowest BCUT2D eigenvalue weighted by atomic mass is 9.82. The van der Waals surface area contributed by atoms with E-state index >= 15 is 0 Å². The van der Waals surface area contributed by atoms with Gasteiger partial charge in [-0.3, -0.25) is 4.79 Å². The van der Waals surface area contributed by atoms with Crippen molar-refractivity contribution in [2.45, 2.75) is 31.7 Å². The Hall–Kier alpha value is -1.27. The molecule has 0 bridgehead atoms. The zero-order valence-corrected chi connectivity index (χ0v) is 11.0. The topological polar surface area (TPSA) is 46.5 Å². The van der Waals surface area contributed by atoms with Gasteiger partial charge >= 0.3 is 12.1 Å². The largest absolute Gasteiger partial charge is 0.481 e. The molecule has 1 saturated carbocycles. The van der Waals surface area contributed by atoms with Crippen LogP contribution in [0.1, 0.15) is 24.0 Å². The van der Waals surface area contributed by atoms with Gasteiger partial charge < -0.3 is 9.84 Å². The van der Waals surface area contributed by atoms with E-state index in [1.807, 2.05) is 0 Å². The number of hydrogen-bond acceptors (Lipinski definition) is 2. The summed E-state index contributed by atoms with van der Waals surface area (Å²) in [5, 5.41) is 8.70. The van der Waals surface area contributed by atoms with E-state index in [2.05, 4.69) is 0 Å². The number of hydrogen-bond donors (Lipinski definition) is 1. The van der Waals surface area contributed by atoms with E-state index in [-0.39, 0.29) is 23.7 Å². The van der Waals surface area contributed by atoms with Gasteiger partial charge in [-0.1, -0.05) is 17.7 Å². The number of carbonyl (C=O) groups is 1. The number of alkyl halides is 3. The van der Waals surface area contributed by atoms with E-state index in [0.29, 0.717) is 18.4 Å². The molecular formula is C13H12ClF3O3. The monoisotopic (exact) mass is 308 g/mol. The van der Waals surface area contributed by atoms with Gasteiger partial charge in [-0.05, 0) is 30.5 Å². The molecule has 1 N–H and O–H groups in total. The molecule has 2 rings (SSSR count). The van der Waals surface area contributed by atoms with Gasteiger partial charge in [-0.25, -0.2) is 0 Å². The molecule has 0 spiro atoms. The number of carboxylic acid groups (broad SMARTS) is 1. The van der Waals surface area contributed by atoms with Crippen molar-refractivity contribution in [3.63, 3.8) is 0 Å². The first kappa shape index (κ1) is 15.1. The maximum absolute atomic E-state index is 12.5. The number of carboxylic acids is 1. The predicted octanol–water partition coefficient (Wildman–Crippen LogP) is 3.74. The van der Waals surface area contributed by atoms with Crippen LogP contribution in [-0.2, 0) is 22.3 Å². The van der Waals surface area contributed by atoms with Crippen molar-refractivity contribution in [2.75, 3.05) is 0 Å². The fraction of sp³-hybridized carbons (Fsp3) is 0.462. The summed E-state index contributed by atoms with van der Waals surface area (Å²) in [6, 6.07) is 3.09. The second-order valence-electron chi connectivity index (χ2n) is 4.74. The molecule has 20 heavy (non-hydrogen) atoms. The lowest BCUT2D eigenvalue weighted by molar-refractivity contribution is -0.151. The molecule has 1 aromatic rings. The van der Waals surface area contributed by atoms with Gasteiger partial charge in [0.25, 0.3) is 0 Å². The predicted molar refractivity (Wildman–Crippen MR) is 65.4 cm³/mol. The SMILES string of the molecule is O=C(O)C1CC(OCc2ccc(C(F)(F)F)cc2Cl)C1. The van der Waals surface area contributed by atoms with E-state index in [9.17, 15) is 18.0 Å². The zero-order valence-electron chi connectivity index (χ0n) is 10.3. The van der Waals surface area contributed by atoms with Crippen LogP contribution in [0.2, 0.25) is 5.02 Å². The summed E-state index contributed by atoms with van der Waals surface area (Å²) in [6.07, 6.45) is -3.75. The van der Waals surface area contributed by atoms with Crippen LogP contribution < -0.4 is 0 Å². The summed E-state index contributed by atoms with van der Waals surface area (Å²) in [4.78, 5) is 10.6. The minimum absolute atomic E-state index is 0.00562. The van der Waals surface area contributed by atoms with Crippen LogP contribution in [0, 0.1) is 5.92 Å². The summed E-state index contributed by atoms with van der Waals surface area (Å²) < 4.78 is 42.8. The Morgan fingerprint density at radius 2 is 2.05 bits per heavy atom. The molecule has 110 valence electrons. The molecule has 0 saturated heterocycles. The van der Waals surface area contributed by atoms with Crippen LogP contribution >= 0.6 is 11.6 Å². The molecule has 0 aromatic heterocycles. The summed E-state index contributed by atoms with van der Waals surface area (Å²) in [6.45, 7) is 0.0774. The molecule has 0 amide bonds. The third-order valence-corrected chi connectivity index (χ3v) is 3.65. The Morgan fingerprint density at radius 3 is 2.55 bits per heavy atom. The van der Waals surface area contributed by atoms with Gasteiger partial charge in [0.05, 0.1) is 24.2 Å². The second-order valence-corrected chi connectivity index (χ2v) is 5.15. The molecule has 1 fully saturated rings. The Morgan fingerprint density at radius 1 is 1.40 bits per heavy atom. The van der Waals surface area contributed by atoms with Crippen molar-refractivity contribution in [3.05, 3.63) is 34.3 Å². The maximum Gasteiger partial charge on any atom is 0.416 e. The first-order chi connectivity index (χ1) is 9.27. The highest BCUT2D eigenvalue weighted by molar-refractivity contribution is 6.31. The Bertz CT molecular complexity index is 510. The van der Waals surface area contributed by atoms with Crippen molar-refractivity contribution >= 4 is 17.6 Å². The van der Waals surface area contributed by atoms with Crippen molar-refractivity contribution in [2.24, 2.45) is 5.92 Å². The third-order valence-electron chi connectivity index (χ3n) is 3.30. The molecule has 3 nitrogen and oxygen atoms in total. The van der Waals surface area contributed by atoms with Crippen molar-refractivity contribution in [3.8, 4) is 0 Å². The van der Waals surface area contributed by atoms with Gasteiger partial charge in [-0.2, -0.15) is 13.2 Å². The Labute approximate surface area is 118 Å². The molecule has 1 aromatic carbocycles. The highest BCUT2D eigenvalue weighted by atomic mass is 35.5. The molecule has 0 unspecified atom stereocenters. The van der Waals surface area contributed by atoms with Gasteiger partial charge in [-0.15, -0.1) is 0 Å². The van der Waals surface area contributed by atoms with Crippen LogP contribution in [0.4, 0.5) is 13.2 Å². The van der Waals surface area contributed by atoms with E-state index < -0.39 is 17.7 Å². The number of benzene rings is 1. The summed E-state index contributed by atoms with van der Waals surface area (Å²) in [5.41, 5.74) is -0.348. The summed E-state index contributed by atoms with van der Waals surface area (Å²) in [7, 11) is 0. The van der Waals surface area contributed by atoms with Crippen LogP contribution in [0.3, 0.4) is 0 Å². The van der Waals surface area contributed by atoms with Gasteiger partial charge in [0, 0.05) is 5.02 Å². The van der Waals surface area contributed by atoms with Crippen molar-refractivity contribution in [1.82, 2.24) is 0 Å². The molecule has 0 radical (unpaired) electrons. The lowest BCUT2D eigenvalue weighted by Gasteiger charge is -2.32. The van der Waals surface area contributed by atoms with Crippen molar-refractivity contribution in [1.29, 1.82) is 0 Å². The average molecular weight is 309 g/mol.